The number of primary amides is 1. The van der Waals surface area contributed by atoms with E-state index in [-0.39, 0.29) is 63.2 Å². The van der Waals surface area contributed by atoms with Gasteiger partial charge in [-0.25, -0.2) is 0 Å². The molecule has 1 fully saturated rings. The number of nitrogens with two attached hydrogens (primary N) is 1. The molecule has 574 valence electrons. The highest BCUT2D eigenvalue weighted by Gasteiger charge is 2.41. The molecule has 109 heavy (non-hydrogen) atoms. The van der Waals surface area contributed by atoms with Gasteiger partial charge in [-0.05, 0) is 120 Å². The molecule has 0 spiro atoms. The summed E-state index contributed by atoms with van der Waals surface area (Å²) in [5.74, 6) is -8.56. The average Bonchev–Trinajstić information content (AvgIpc) is 1.81. The Bertz CT molecular complexity index is 4430. The van der Waals surface area contributed by atoms with Gasteiger partial charge < -0.3 is 79.0 Å². The third kappa shape index (κ3) is 24.4. The van der Waals surface area contributed by atoms with Gasteiger partial charge in [0.1, 0.15) is 66.2 Å². The summed E-state index contributed by atoms with van der Waals surface area (Å²) in [6.45, 7) is 6.61. The minimum Gasteiger partial charge on any atom is -0.508 e. The number of H-pyrrole nitrogens is 1. The number of aromatic nitrogens is 1. The fourth-order valence-corrected chi connectivity index (χ4v) is 13.4. The summed E-state index contributed by atoms with van der Waals surface area (Å²) < 4.78 is 0. The summed E-state index contributed by atoms with van der Waals surface area (Å²) in [4.78, 5) is 162. The van der Waals surface area contributed by atoms with Crippen LogP contribution in [-0.2, 0) is 91.4 Å². The van der Waals surface area contributed by atoms with Crippen molar-refractivity contribution in [1.29, 1.82) is 0 Å². The quantitative estimate of drug-likeness (QED) is 0.0237. The van der Waals surface area contributed by atoms with Crippen LogP contribution in [0.2, 0.25) is 0 Å². The van der Waals surface area contributed by atoms with E-state index in [0.717, 1.165) is 32.8 Å². The van der Waals surface area contributed by atoms with E-state index in [2.05, 4.69) is 58.2 Å². The molecule has 15 N–H and O–H groups in total. The van der Waals surface area contributed by atoms with Crippen molar-refractivity contribution in [3.8, 4) is 5.75 Å². The standard InChI is InChI=1S/C83H99N13O13/c1-51(2)41-71(83(109)96-40-20-32-73(96)82(108)87-52(3)74(84)100)94-79(105)68(44-55-23-10-6-11-24-55)90-75(101)65(31-18-19-39-85-48-61-49-86-64-30-17-16-29-63(61)64)89-77(103)70(46-57-34-37-62(99)38-35-57)93-81(107)72(50-97)95-80(106)69(45-56-25-12-7-13-26-56)92-78(104)67(43-54-21-8-5-9-22-54)91-76(102)66(88-53(4)98)47-58-33-36-59-27-14-15-28-60(59)42-58/h5-17,21-30,33-38,42,49,51-52,65-73,85-86,97,99H,18-20,31-32,39-41,43-48,50H2,1-4H3,(H2,84,100)(H,87,108)(H,88,98)(H,89,103)(H,90,101)(H,91,102)(H,92,104)(H,93,107)(H,94,105)(H,95,106)/t52-,65-,66-,67-,68-,69-,70-,71-,72-,73+/m0/s1. The number of nitrogens with one attached hydrogen (secondary N) is 11. The third-order valence-corrected chi connectivity index (χ3v) is 19.2. The molecule has 1 aliphatic heterocycles. The van der Waals surface area contributed by atoms with E-state index < -0.39 is 132 Å². The first-order chi connectivity index (χ1) is 52.5. The molecule has 26 heteroatoms. The molecular weight excluding hydrogens is 1390 g/mol. The summed E-state index contributed by atoms with van der Waals surface area (Å²) in [6, 6.07) is 40.1. The second kappa shape index (κ2) is 40.3. The van der Waals surface area contributed by atoms with Crippen LogP contribution < -0.4 is 58.9 Å². The molecule has 0 saturated carbocycles. The molecule has 10 atom stereocenters. The number of para-hydroxylation sites is 1. The van der Waals surface area contributed by atoms with Crippen LogP contribution >= 0.6 is 0 Å². The summed E-state index contributed by atoms with van der Waals surface area (Å²) in [5.41, 5.74) is 10.5. The summed E-state index contributed by atoms with van der Waals surface area (Å²) in [7, 11) is 0. The molecule has 1 aromatic heterocycles. The number of hydrogen-bond donors (Lipinski definition) is 14. The number of carbonyl (C=O) groups excluding carboxylic acids is 11. The summed E-state index contributed by atoms with van der Waals surface area (Å²) >= 11 is 0. The Hall–Kier alpha value is -11.8. The van der Waals surface area contributed by atoms with Gasteiger partial charge >= 0.3 is 0 Å². The van der Waals surface area contributed by atoms with Crippen LogP contribution in [0.25, 0.3) is 21.7 Å². The number of aromatic hydroxyl groups is 1. The highest BCUT2D eigenvalue weighted by Crippen LogP contribution is 2.24. The molecule has 11 amide bonds. The number of aromatic amines is 1. The van der Waals surface area contributed by atoms with Gasteiger partial charge in [0.05, 0.1) is 6.61 Å². The van der Waals surface area contributed by atoms with Crippen LogP contribution in [0.1, 0.15) is 99.6 Å². The molecule has 0 bridgehead atoms. The number of rotatable bonds is 39. The number of nitrogens with zero attached hydrogens (tertiary/aromatic N) is 1. The van der Waals surface area contributed by atoms with Crippen molar-refractivity contribution >= 4 is 86.7 Å². The van der Waals surface area contributed by atoms with E-state index in [9.17, 15) is 53.4 Å². The SMILES string of the molecule is CC(=O)N[C@@H](Cc1ccc2ccccc2c1)C(=O)N[C@@H](Cc1ccccc1)C(=O)N[C@@H](Cc1ccccc1)C(=O)N[C@@H](CO)C(=O)N[C@@H](Cc1ccc(O)cc1)C(=O)N[C@@H](CCCCNCc1c[nH]c2ccccc12)C(=O)N[C@@H](Cc1ccccc1)C(=O)N[C@@H](CC(C)C)C(=O)N1CCC[C@@H]1C(=O)N[C@@H](C)C(N)=O. The minimum absolute atomic E-state index is 0.00588. The molecule has 26 nitrogen and oxygen atoms in total. The molecule has 0 radical (unpaired) electrons. The molecule has 2 heterocycles. The van der Waals surface area contributed by atoms with E-state index in [1.165, 1.54) is 43.0 Å². The monoisotopic (exact) mass is 1490 g/mol. The minimum atomic E-state index is -1.79. The average molecular weight is 1490 g/mol. The number of benzene rings is 7. The first-order valence-electron chi connectivity index (χ1n) is 37.0. The largest absolute Gasteiger partial charge is 0.508 e. The molecule has 7 aromatic carbocycles. The molecule has 0 unspecified atom stereocenters. The number of aliphatic hydroxyl groups excluding tert-OH is 1. The second-order valence-corrected chi connectivity index (χ2v) is 28.2. The normalized spacial score (nSPS) is 15.1. The number of likely N-dealkylation sites (tertiary alicyclic amines) is 1. The molecule has 1 saturated heterocycles. The Kier molecular flexibility index (Phi) is 30.0. The fraction of sp³-hybridized carbons (Fsp3) is 0.361. The Morgan fingerprint density at radius 3 is 1.45 bits per heavy atom. The number of phenolic OH excluding ortho intramolecular Hbond substituents is 1. The smallest absolute Gasteiger partial charge is 0.245 e. The van der Waals surface area contributed by atoms with Crippen molar-refractivity contribution in [1.82, 2.24) is 63.1 Å². The van der Waals surface area contributed by atoms with Crippen molar-refractivity contribution in [3.63, 3.8) is 0 Å². The molecular formula is C83H99N13O13. The van der Waals surface area contributed by atoms with Gasteiger partial charge in [-0.3, -0.25) is 52.7 Å². The Morgan fingerprint density at radius 2 is 0.927 bits per heavy atom. The van der Waals surface area contributed by atoms with Gasteiger partial charge in [-0.1, -0.05) is 178 Å². The van der Waals surface area contributed by atoms with Crippen LogP contribution in [0.5, 0.6) is 5.75 Å². The predicted octanol–water partition coefficient (Wildman–Crippen LogP) is 4.42. The van der Waals surface area contributed by atoms with Crippen molar-refractivity contribution in [2.45, 2.75) is 165 Å². The van der Waals surface area contributed by atoms with Gasteiger partial charge in [-0.15, -0.1) is 0 Å². The van der Waals surface area contributed by atoms with Crippen molar-refractivity contribution in [3.05, 3.63) is 222 Å². The van der Waals surface area contributed by atoms with Crippen LogP contribution in [0, 0.1) is 5.92 Å². The lowest BCUT2D eigenvalue weighted by atomic mass is 9.99. The summed E-state index contributed by atoms with van der Waals surface area (Å²) in [6.07, 6.45) is 3.15. The van der Waals surface area contributed by atoms with Crippen molar-refractivity contribution in [2.75, 3.05) is 19.7 Å². The van der Waals surface area contributed by atoms with Crippen LogP contribution in [0.4, 0.5) is 0 Å². The molecule has 8 aromatic rings. The van der Waals surface area contributed by atoms with Gasteiger partial charge in [-0.2, -0.15) is 0 Å². The van der Waals surface area contributed by atoms with E-state index in [1.807, 2.05) is 86.8 Å². The van der Waals surface area contributed by atoms with Crippen molar-refractivity contribution < 1.29 is 63.0 Å². The second-order valence-electron chi connectivity index (χ2n) is 28.2. The maximum atomic E-state index is 15.3. The Morgan fingerprint density at radius 1 is 0.486 bits per heavy atom. The summed E-state index contributed by atoms with van der Waals surface area (Å²) in [5, 5.41) is 52.6. The van der Waals surface area contributed by atoms with Gasteiger partial charge in [0.2, 0.25) is 65.0 Å². The number of aliphatic hydroxyl groups is 1. The maximum Gasteiger partial charge on any atom is 0.245 e. The van der Waals surface area contributed by atoms with Gasteiger partial charge in [0.25, 0.3) is 0 Å². The maximum absolute atomic E-state index is 15.3. The Balaban J connectivity index is 0.959. The molecule has 9 rings (SSSR count). The highest BCUT2D eigenvalue weighted by molar-refractivity contribution is 6.00. The van der Waals surface area contributed by atoms with Gasteiger partial charge in [0.15, 0.2) is 0 Å². The van der Waals surface area contributed by atoms with Crippen LogP contribution in [0.15, 0.2) is 188 Å². The lowest BCUT2D eigenvalue weighted by molar-refractivity contribution is -0.142. The lowest BCUT2D eigenvalue weighted by Gasteiger charge is -2.31. The first-order valence-corrected chi connectivity index (χ1v) is 37.0. The van der Waals surface area contributed by atoms with E-state index in [4.69, 9.17) is 5.73 Å². The van der Waals surface area contributed by atoms with Gasteiger partial charge in [0, 0.05) is 69.2 Å². The number of unbranched alkanes of at least 4 members (excludes halogenated alkanes) is 1. The van der Waals surface area contributed by atoms with Crippen molar-refractivity contribution in [2.24, 2.45) is 11.7 Å². The predicted molar refractivity (Wildman–Crippen MR) is 413 cm³/mol. The van der Waals surface area contributed by atoms with Crippen LogP contribution in [-0.4, -0.2) is 165 Å². The number of phenols is 1. The highest BCUT2D eigenvalue weighted by atomic mass is 16.3. The fourth-order valence-electron chi connectivity index (χ4n) is 13.4. The Labute approximate surface area is 633 Å². The van der Waals surface area contributed by atoms with E-state index in [1.54, 1.807) is 91.0 Å². The number of hydrogen-bond acceptors (Lipinski definition) is 14. The number of fused-ring (bicyclic) bond motifs is 2. The molecule has 1 aliphatic rings. The number of carbonyl (C=O) groups is 11. The topological polar surface area (TPSA) is 394 Å². The van der Waals surface area contributed by atoms with E-state index >= 15 is 9.59 Å². The zero-order valence-electron chi connectivity index (χ0n) is 61.8. The first kappa shape index (κ1) is 81.3. The zero-order valence-corrected chi connectivity index (χ0v) is 61.8. The third-order valence-electron chi connectivity index (χ3n) is 19.2. The van der Waals surface area contributed by atoms with E-state index in [0.29, 0.717) is 61.0 Å². The zero-order chi connectivity index (χ0) is 77.9. The van der Waals surface area contributed by atoms with Crippen LogP contribution in [0.3, 0.4) is 0 Å². The number of amides is 11. The lowest BCUT2D eigenvalue weighted by Crippen LogP contribution is -2.61. The molecule has 0 aliphatic carbocycles.